The second kappa shape index (κ2) is 10.2. The zero-order valence-corrected chi connectivity index (χ0v) is 15.8. The first-order valence-corrected chi connectivity index (χ1v) is 9.40. The van der Waals surface area contributed by atoms with Crippen LogP contribution in [0.3, 0.4) is 0 Å². The van der Waals surface area contributed by atoms with Crippen LogP contribution in [0.2, 0.25) is 0 Å². The summed E-state index contributed by atoms with van der Waals surface area (Å²) in [6.45, 7) is 9.03. The van der Waals surface area contributed by atoms with Crippen LogP contribution in [0.1, 0.15) is 38.7 Å². The summed E-state index contributed by atoms with van der Waals surface area (Å²) in [6, 6.07) is 4.18. The van der Waals surface area contributed by atoms with Crippen molar-refractivity contribution in [3.05, 3.63) is 22.2 Å². The van der Waals surface area contributed by atoms with Gasteiger partial charge >= 0.3 is 0 Å². The van der Waals surface area contributed by atoms with Gasteiger partial charge in [0, 0.05) is 19.7 Å². The van der Waals surface area contributed by atoms with Gasteiger partial charge in [0.2, 0.25) is 0 Å². The van der Waals surface area contributed by atoms with Gasteiger partial charge in [-0.3, -0.25) is 0 Å². The highest BCUT2D eigenvalue weighted by Crippen LogP contribution is 2.37. The average Bonchev–Trinajstić information content (AvgIpc) is 2.55. The largest absolute Gasteiger partial charge is 0.490 e. The predicted octanol–water partition coefficient (Wildman–Crippen LogP) is 4.15. The number of ether oxygens (including phenoxy) is 3. The number of halogens is 1. The van der Waals surface area contributed by atoms with E-state index in [2.05, 4.69) is 40.3 Å². The molecular weight excluding hydrogens is 358 g/mol. The standard InChI is InChI=1S/C18H28BrNO3/c1-3-7-23-18-16(19)9-15(10-17(18)22-4-2)12-20-11-14-6-5-8-21-13-14/h9-10,14,20H,3-8,11-13H2,1-2H3. The summed E-state index contributed by atoms with van der Waals surface area (Å²) in [6.07, 6.45) is 3.41. The normalized spacial score (nSPS) is 18.0. The molecule has 1 atom stereocenters. The van der Waals surface area contributed by atoms with Gasteiger partial charge in [0.15, 0.2) is 11.5 Å². The van der Waals surface area contributed by atoms with E-state index in [1.807, 2.05) is 6.92 Å². The van der Waals surface area contributed by atoms with Gasteiger partial charge < -0.3 is 19.5 Å². The minimum atomic E-state index is 0.630. The van der Waals surface area contributed by atoms with Crippen LogP contribution >= 0.6 is 15.9 Å². The van der Waals surface area contributed by atoms with Crippen molar-refractivity contribution in [2.75, 3.05) is 33.0 Å². The maximum Gasteiger partial charge on any atom is 0.175 e. The minimum absolute atomic E-state index is 0.630. The summed E-state index contributed by atoms with van der Waals surface area (Å²) in [7, 11) is 0. The number of hydrogen-bond acceptors (Lipinski definition) is 4. The van der Waals surface area contributed by atoms with Crippen molar-refractivity contribution in [3.63, 3.8) is 0 Å². The van der Waals surface area contributed by atoms with E-state index in [1.54, 1.807) is 0 Å². The van der Waals surface area contributed by atoms with Crippen LogP contribution in [0.25, 0.3) is 0 Å². The zero-order valence-electron chi connectivity index (χ0n) is 14.2. The van der Waals surface area contributed by atoms with Crippen LogP contribution in [0.5, 0.6) is 11.5 Å². The number of benzene rings is 1. The van der Waals surface area contributed by atoms with Crippen LogP contribution in [0.15, 0.2) is 16.6 Å². The predicted molar refractivity (Wildman–Crippen MR) is 96.3 cm³/mol. The highest BCUT2D eigenvalue weighted by Gasteiger charge is 2.15. The molecule has 1 aliphatic heterocycles. The molecule has 130 valence electrons. The van der Waals surface area contributed by atoms with Gasteiger partial charge in [-0.05, 0) is 65.7 Å². The van der Waals surface area contributed by atoms with E-state index in [-0.39, 0.29) is 0 Å². The van der Waals surface area contributed by atoms with Crippen molar-refractivity contribution in [1.82, 2.24) is 5.32 Å². The Bertz CT molecular complexity index is 476. The molecule has 0 aliphatic carbocycles. The van der Waals surface area contributed by atoms with Crippen molar-refractivity contribution in [1.29, 1.82) is 0 Å². The smallest absolute Gasteiger partial charge is 0.175 e. The van der Waals surface area contributed by atoms with Crippen molar-refractivity contribution >= 4 is 15.9 Å². The van der Waals surface area contributed by atoms with Crippen molar-refractivity contribution in [2.24, 2.45) is 5.92 Å². The molecular formula is C18H28BrNO3. The van der Waals surface area contributed by atoms with Crippen LogP contribution in [0.4, 0.5) is 0 Å². The van der Waals surface area contributed by atoms with Crippen LogP contribution in [-0.2, 0) is 11.3 Å². The molecule has 1 aromatic carbocycles. The summed E-state index contributed by atoms with van der Waals surface area (Å²) in [5, 5.41) is 3.53. The van der Waals surface area contributed by atoms with Gasteiger partial charge in [0.1, 0.15) is 0 Å². The quantitative estimate of drug-likeness (QED) is 0.692. The van der Waals surface area contributed by atoms with E-state index in [1.165, 1.54) is 18.4 Å². The van der Waals surface area contributed by atoms with E-state index in [9.17, 15) is 0 Å². The summed E-state index contributed by atoms with van der Waals surface area (Å²) in [5.74, 6) is 2.25. The Morgan fingerprint density at radius 2 is 2.17 bits per heavy atom. The highest BCUT2D eigenvalue weighted by molar-refractivity contribution is 9.10. The van der Waals surface area contributed by atoms with Crippen molar-refractivity contribution in [2.45, 2.75) is 39.7 Å². The molecule has 2 rings (SSSR count). The van der Waals surface area contributed by atoms with E-state index in [4.69, 9.17) is 14.2 Å². The number of rotatable bonds is 9. The lowest BCUT2D eigenvalue weighted by Gasteiger charge is -2.22. The lowest BCUT2D eigenvalue weighted by molar-refractivity contribution is 0.0547. The molecule has 1 unspecified atom stereocenters. The summed E-state index contributed by atoms with van der Waals surface area (Å²) in [4.78, 5) is 0. The lowest BCUT2D eigenvalue weighted by atomic mass is 10.0. The molecule has 5 heteroatoms. The van der Waals surface area contributed by atoms with Gasteiger partial charge in [0.25, 0.3) is 0 Å². The van der Waals surface area contributed by atoms with Gasteiger partial charge in [-0.15, -0.1) is 0 Å². The fourth-order valence-corrected chi connectivity index (χ4v) is 3.32. The van der Waals surface area contributed by atoms with Crippen molar-refractivity contribution < 1.29 is 14.2 Å². The molecule has 1 fully saturated rings. The molecule has 0 spiro atoms. The molecule has 1 aliphatic rings. The van der Waals surface area contributed by atoms with E-state index < -0.39 is 0 Å². The molecule has 1 aromatic rings. The molecule has 0 bridgehead atoms. The zero-order chi connectivity index (χ0) is 16.5. The van der Waals surface area contributed by atoms with E-state index >= 15 is 0 Å². The van der Waals surface area contributed by atoms with E-state index in [0.717, 1.165) is 48.7 Å². The third-order valence-electron chi connectivity index (χ3n) is 3.84. The monoisotopic (exact) mass is 385 g/mol. The molecule has 0 amide bonds. The first-order chi connectivity index (χ1) is 11.2. The highest BCUT2D eigenvalue weighted by atomic mass is 79.9. The minimum Gasteiger partial charge on any atom is -0.490 e. The summed E-state index contributed by atoms with van der Waals surface area (Å²) < 4.78 is 18.0. The summed E-state index contributed by atoms with van der Waals surface area (Å²) >= 11 is 3.61. The Hall–Kier alpha value is -0.780. The maximum atomic E-state index is 5.82. The number of hydrogen-bond donors (Lipinski definition) is 1. The second-order valence-corrected chi connectivity index (χ2v) is 6.75. The Balaban J connectivity index is 1.95. The van der Waals surface area contributed by atoms with Gasteiger partial charge in [-0.2, -0.15) is 0 Å². The Labute approximate surface area is 148 Å². The molecule has 0 saturated carbocycles. The average molecular weight is 386 g/mol. The van der Waals surface area contributed by atoms with Crippen molar-refractivity contribution in [3.8, 4) is 11.5 Å². The van der Waals surface area contributed by atoms with Gasteiger partial charge in [0.05, 0.1) is 24.3 Å². The molecule has 1 saturated heterocycles. The summed E-state index contributed by atoms with van der Waals surface area (Å²) in [5.41, 5.74) is 1.20. The van der Waals surface area contributed by atoms with Crippen LogP contribution in [0, 0.1) is 5.92 Å². The molecule has 0 aromatic heterocycles. The Morgan fingerprint density at radius 3 is 2.87 bits per heavy atom. The molecule has 4 nitrogen and oxygen atoms in total. The van der Waals surface area contributed by atoms with Crippen LogP contribution < -0.4 is 14.8 Å². The third kappa shape index (κ3) is 5.98. The molecule has 23 heavy (non-hydrogen) atoms. The molecule has 1 heterocycles. The Kier molecular flexibility index (Phi) is 8.20. The second-order valence-electron chi connectivity index (χ2n) is 5.90. The topological polar surface area (TPSA) is 39.7 Å². The SMILES string of the molecule is CCCOc1c(Br)cc(CNCC2CCCOC2)cc1OCC. The fourth-order valence-electron chi connectivity index (χ4n) is 2.72. The molecule has 1 N–H and O–H groups in total. The maximum absolute atomic E-state index is 5.82. The van der Waals surface area contributed by atoms with Gasteiger partial charge in [-0.1, -0.05) is 6.92 Å². The fraction of sp³-hybridized carbons (Fsp3) is 0.667. The third-order valence-corrected chi connectivity index (χ3v) is 4.43. The lowest BCUT2D eigenvalue weighted by Crippen LogP contribution is -2.28. The van der Waals surface area contributed by atoms with Gasteiger partial charge in [-0.25, -0.2) is 0 Å². The first kappa shape index (κ1) is 18.6. The van der Waals surface area contributed by atoms with Crippen LogP contribution in [-0.4, -0.2) is 33.0 Å². The number of nitrogens with one attached hydrogen (secondary N) is 1. The molecule has 0 radical (unpaired) electrons. The Morgan fingerprint density at radius 1 is 1.30 bits per heavy atom. The van der Waals surface area contributed by atoms with E-state index in [0.29, 0.717) is 19.1 Å². The first-order valence-electron chi connectivity index (χ1n) is 8.61.